The van der Waals surface area contributed by atoms with E-state index in [0.29, 0.717) is 10.6 Å². The maximum Gasteiger partial charge on any atom is 0.304 e. The number of hydrogen-bond acceptors (Lipinski definition) is 7. The van der Waals surface area contributed by atoms with Gasteiger partial charge in [-0.05, 0) is 24.6 Å². The van der Waals surface area contributed by atoms with Crippen molar-refractivity contribution in [2.24, 2.45) is 0 Å². The largest absolute Gasteiger partial charge is 0.384 e. The number of nitro groups is 1. The molecule has 0 saturated carbocycles. The summed E-state index contributed by atoms with van der Waals surface area (Å²) in [5, 5.41) is 25.0. The fourth-order valence-electron chi connectivity index (χ4n) is 1.98. The summed E-state index contributed by atoms with van der Waals surface area (Å²) >= 11 is 6.66. The van der Waals surface area contributed by atoms with Crippen LogP contribution in [0.1, 0.15) is 12.5 Å². The van der Waals surface area contributed by atoms with E-state index in [0.717, 1.165) is 23.7 Å². The van der Waals surface area contributed by atoms with Gasteiger partial charge in [0.25, 0.3) is 0 Å². The zero-order chi connectivity index (χ0) is 18.1. The van der Waals surface area contributed by atoms with E-state index in [1.165, 1.54) is 6.92 Å². The molecule has 0 radical (unpaired) electrons. The van der Waals surface area contributed by atoms with Crippen molar-refractivity contribution in [1.29, 1.82) is 0 Å². The van der Waals surface area contributed by atoms with Gasteiger partial charge in [-0.1, -0.05) is 35.1 Å². The van der Waals surface area contributed by atoms with Crippen molar-refractivity contribution in [3.05, 3.63) is 51.0 Å². The molecule has 10 heteroatoms. The molecule has 0 aliphatic carbocycles. The average Bonchev–Trinajstić information content (AvgIpc) is 2.90. The molecule has 2 N–H and O–H groups in total. The molecule has 7 nitrogen and oxygen atoms in total. The molecule has 0 amide bonds. The van der Waals surface area contributed by atoms with Crippen molar-refractivity contribution in [3.8, 4) is 0 Å². The molecule has 2 aromatic rings. The minimum Gasteiger partial charge on any atom is -0.384 e. The Morgan fingerprint density at radius 2 is 2.08 bits per heavy atom. The molecule has 0 aliphatic heterocycles. The van der Waals surface area contributed by atoms with E-state index in [9.17, 15) is 23.6 Å². The molecule has 1 aromatic heterocycles. The normalized spacial score (nSPS) is 14.2. The van der Waals surface area contributed by atoms with E-state index in [1.54, 1.807) is 24.3 Å². The molecular weight excluding hydrogens is 376 g/mol. The van der Waals surface area contributed by atoms with Crippen molar-refractivity contribution >= 4 is 43.5 Å². The zero-order valence-electron chi connectivity index (χ0n) is 12.8. The van der Waals surface area contributed by atoms with E-state index in [4.69, 9.17) is 11.6 Å². The van der Waals surface area contributed by atoms with Gasteiger partial charge in [0.2, 0.25) is 0 Å². The number of anilines is 1. The number of nitrogens with one attached hydrogen (secondary N) is 1. The Morgan fingerprint density at radius 1 is 1.42 bits per heavy atom. The minimum atomic E-state index is -3.56. The molecule has 0 bridgehead atoms. The van der Waals surface area contributed by atoms with Crippen molar-refractivity contribution in [2.75, 3.05) is 18.1 Å². The Hall–Kier alpha value is -1.68. The Kier molecular flexibility index (Phi) is 5.19. The second-order valence-corrected chi connectivity index (χ2v) is 9.18. The summed E-state index contributed by atoms with van der Waals surface area (Å²) in [4.78, 5) is 10.4. The molecule has 1 unspecified atom stereocenters. The third kappa shape index (κ3) is 4.23. The monoisotopic (exact) mass is 390 g/mol. The lowest BCUT2D eigenvalue weighted by Gasteiger charge is -2.24. The van der Waals surface area contributed by atoms with Gasteiger partial charge in [0, 0.05) is 23.9 Å². The number of rotatable bonds is 6. The third-order valence-corrected chi connectivity index (χ3v) is 6.41. The SMILES string of the molecule is CC(O)(CNc1sc(S(C)(=O)=O)cc1[N+](=O)[O-])c1cccc(Cl)c1. The number of sulfone groups is 1. The second-order valence-electron chi connectivity index (χ2n) is 5.45. The Morgan fingerprint density at radius 3 is 2.62 bits per heavy atom. The highest BCUT2D eigenvalue weighted by atomic mass is 35.5. The van der Waals surface area contributed by atoms with Crippen molar-refractivity contribution < 1.29 is 18.4 Å². The zero-order valence-corrected chi connectivity index (χ0v) is 15.2. The van der Waals surface area contributed by atoms with Gasteiger partial charge in [-0.25, -0.2) is 8.42 Å². The molecule has 0 saturated heterocycles. The molecule has 1 aromatic carbocycles. The van der Waals surface area contributed by atoms with Crippen LogP contribution in [0.15, 0.2) is 34.5 Å². The topological polar surface area (TPSA) is 110 Å². The van der Waals surface area contributed by atoms with Gasteiger partial charge in [0.1, 0.15) is 9.81 Å². The highest BCUT2D eigenvalue weighted by molar-refractivity contribution is 7.92. The molecule has 0 spiro atoms. The van der Waals surface area contributed by atoms with Crippen LogP contribution in [-0.4, -0.2) is 31.2 Å². The number of benzene rings is 1. The standard InChI is InChI=1S/C14H15ClN2O5S2/c1-14(18,9-4-3-5-10(15)6-9)8-16-13-11(17(19)20)7-12(23-13)24(2,21)22/h3-7,16,18H,8H2,1-2H3. The van der Waals surface area contributed by atoms with E-state index in [2.05, 4.69) is 5.32 Å². The van der Waals surface area contributed by atoms with E-state index < -0.39 is 20.4 Å². The number of halogens is 1. The molecule has 1 atom stereocenters. The first-order valence-electron chi connectivity index (χ1n) is 6.71. The first-order chi connectivity index (χ1) is 11.0. The van der Waals surface area contributed by atoms with Gasteiger partial charge in [0.15, 0.2) is 14.8 Å². The maximum atomic E-state index is 11.6. The van der Waals surface area contributed by atoms with E-state index in [-0.39, 0.29) is 21.4 Å². The maximum absolute atomic E-state index is 11.6. The first-order valence-corrected chi connectivity index (χ1v) is 9.80. The molecule has 130 valence electrons. The van der Waals surface area contributed by atoms with Crippen LogP contribution in [0, 0.1) is 10.1 Å². The van der Waals surface area contributed by atoms with E-state index in [1.807, 2.05) is 0 Å². The van der Waals surface area contributed by atoms with Crippen molar-refractivity contribution in [1.82, 2.24) is 0 Å². The predicted molar refractivity (Wildman–Crippen MR) is 93.6 cm³/mol. The Bertz CT molecular complexity index is 877. The van der Waals surface area contributed by atoms with Crippen LogP contribution in [-0.2, 0) is 15.4 Å². The third-order valence-electron chi connectivity index (χ3n) is 3.29. The quantitative estimate of drug-likeness (QED) is 0.579. The summed E-state index contributed by atoms with van der Waals surface area (Å²) in [6.07, 6.45) is 0.981. The summed E-state index contributed by atoms with van der Waals surface area (Å²) in [6.45, 7) is 1.47. The Labute approximate surface area is 148 Å². The number of thiophene rings is 1. The van der Waals surface area contributed by atoms with Gasteiger partial charge in [0.05, 0.1) is 4.92 Å². The molecule has 0 fully saturated rings. The van der Waals surface area contributed by atoms with Gasteiger partial charge in [-0.15, -0.1) is 0 Å². The second kappa shape index (κ2) is 6.67. The van der Waals surface area contributed by atoms with Gasteiger partial charge < -0.3 is 10.4 Å². The number of aliphatic hydroxyl groups is 1. The lowest BCUT2D eigenvalue weighted by atomic mass is 9.96. The first kappa shape index (κ1) is 18.7. The molecule has 0 aliphatic rings. The van der Waals surface area contributed by atoms with Crippen LogP contribution >= 0.6 is 22.9 Å². The lowest BCUT2D eigenvalue weighted by Crippen LogP contribution is -2.30. The van der Waals surface area contributed by atoms with Crippen LogP contribution in [0.4, 0.5) is 10.7 Å². The van der Waals surface area contributed by atoms with Crippen LogP contribution in [0.5, 0.6) is 0 Å². The summed E-state index contributed by atoms with van der Waals surface area (Å²) < 4.78 is 23.0. The van der Waals surface area contributed by atoms with Gasteiger partial charge in [-0.2, -0.15) is 0 Å². The summed E-state index contributed by atoms with van der Waals surface area (Å²) in [6, 6.07) is 7.63. The van der Waals surface area contributed by atoms with Crippen molar-refractivity contribution in [2.45, 2.75) is 16.7 Å². The summed E-state index contributed by atoms with van der Waals surface area (Å²) in [7, 11) is -3.56. The highest BCUT2D eigenvalue weighted by Gasteiger charge is 2.28. The molecule has 24 heavy (non-hydrogen) atoms. The van der Waals surface area contributed by atoms with Gasteiger partial charge >= 0.3 is 5.69 Å². The minimum absolute atomic E-state index is 0.0576. The van der Waals surface area contributed by atoms with Crippen LogP contribution in [0.3, 0.4) is 0 Å². The van der Waals surface area contributed by atoms with Crippen LogP contribution in [0.2, 0.25) is 5.02 Å². The van der Waals surface area contributed by atoms with Crippen molar-refractivity contribution in [3.63, 3.8) is 0 Å². The predicted octanol–water partition coefficient (Wildman–Crippen LogP) is 3.03. The van der Waals surface area contributed by atoms with Crippen LogP contribution < -0.4 is 5.32 Å². The number of hydrogen-bond donors (Lipinski definition) is 2. The molecular formula is C14H15ClN2O5S2. The van der Waals surface area contributed by atoms with Crippen LogP contribution in [0.25, 0.3) is 0 Å². The summed E-state index contributed by atoms with van der Waals surface area (Å²) in [5.74, 6) is 0. The van der Waals surface area contributed by atoms with Gasteiger partial charge in [-0.3, -0.25) is 10.1 Å². The fourth-order valence-corrected chi connectivity index (χ4v) is 4.11. The van der Waals surface area contributed by atoms with E-state index >= 15 is 0 Å². The molecule has 2 rings (SSSR count). The summed E-state index contributed by atoms with van der Waals surface area (Å²) in [5.41, 5.74) is -1.17. The number of nitrogens with zero attached hydrogens (tertiary/aromatic N) is 1. The average molecular weight is 391 g/mol. The molecule has 1 heterocycles. The Balaban J connectivity index is 2.28. The highest BCUT2D eigenvalue weighted by Crippen LogP contribution is 2.37. The smallest absolute Gasteiger partial charge is 0.304 e. The fraction of sp³-hybridized carbons (Fsp3) is 0.286. The lowest BCUT2D eigenvalue weighted by molar-refractivity contribution is -0.383.